The van der Waals surface area contributed by atoms with Crippen LogP contribution in [-0.4, -0.2) is 95.4 Å². The topological polar surface area (TPSA) is 192 Å². The first-order valence-electron chi connectivity index (χ1n) is 22.1. The first-order valence-corrected chi connectivity index (χ1v) is 23.4. The standard InChI is InChI=1S/C42H81NO11S/c1-3-5-7-9-11-13-15-17-18-19-20-22-24-26-28-30-32-38(46)43-35(36(45)31-29-27-25-23-21-16-14-12-10-8-6-4-2)34-52-42-40(48)41(54-55(49,50)51)39(47)37(33-44)53-42/h18-19,35-37,39-42,44-45,47-48H,3-17,20-34H2,1-2H3,(H,43,46)(H,49,50,51)/b19-18-. The highest BCUT2D eigenvalue weighted by molar-refractivity contribution is 7.80. The molecular weight excluding hydrogens is 727 g/mol. The Kier molecular flexibility index (Phi) is 31.8. The third-order valence-corrected chi connectivity index (χ3v) is 11.0. The Morgan fingerprint density at radius 3 is 1.64 bits per heavy atom. The fraction of sp³-hybridized carbons (Fsp3) is 0.929. The van der Waals surface area contributed by atoms with E-state index in [4.69, 9.17) is 14.0 Å². The van der Waals surface area contributed by atoms with Crippen molar-refractivity contribution in [2.75, 3.05) is 13.2 Å². The van der Waals surface area contributed by atoms with Gasteiger partial charge in [-0.05, 0) is 38.5 Å². The average Bonchev–Trinajstić information content (AvgIpc) is 3.15. The minimum absolute atomic E-state index is 0.239. The van der Waals surface area contributed by atoms with Crippen LogP contribution in [0.1, 0.15) is 194 Å². The van der Waals surface area contributed by atoms with E-state index in [1.165, 1.54) is 96.3 Å². The van der Waals surface area contributed by atoms with Gasteiger partial charge < -0.3 is 35.2 Å². The second kappa shape index (κ2) is 33.8. The largest absolute Gasteiger partial charge is 0.397 e. The van der Waals surface area contributed by atoms with Crippen LogP contribution in [0.3, 0.4) is 0 Å². The number of hydrogen-bond acceptors (Lipinski definition) is 10. The summed E-state index contributed by atoms with van der Waals surface area (Å²) in [5.74, 6) is -0.239. The second-order valence-electron chi connectivity index (χ2n) is 15.6. The Labute approximate surface area is 334 Å². The summed E-state index contributed by atoms with van der Waals surface area (Å²) in [6, 6.07) is -0.857. The summed E-state index contributed by atoms with van der Waals surface area (Å²) in [5.41, 5.74) is 0. The Morgan fingerprint density at radius 1 is 0.709 bits per heavy atom. The number of amides is 1. The van der Waals surface area contributed by atoms with E-state index in [-0.39, 0.29) is 18.9 Å². The number of allylic oxidation sites excluding steroid dienone is 2. The van der Waals surface area contributed by atoms with Crippen molar-refractivity contribution < 1.29 is 51.8 Å². The van der Waals surface area contributed by atoms with Crippen LogP contribution in [0, 0.1) is 0 Å². The molecule has 0 aromatic heterocycles. The number of carbonyl (C=O) groups excluding carboxylic acids is 1. The molecule has 0 radical (unpaired) electrons. The number of aliphatic hydroxyl groups is 4. The number of unbranched alkanes of at least 4 members (excludes halogenated alkanes) is 23. The smallest absolute Gasteiger partial charge is 0.394 e. The fourth-order valence-corrected chi connectivity index (χ4v) is 7.61. The normalized spacial score (nSPS) is 21.6. The zero-order chi connectivity index (χ0) is 40.6. The quantitative estimate of drug-likeness (QED) is 0.0203. The molecule has 0 saturated carbocycles. The Hall–Kier alpha value is -1.16. The van der Waals surface area contributed by atoms with Crippen LogP contribution in [0.2, 0.25) is 0 Å². The van der Waals surface area contributed by atoms with Crippen molar-refractivity contribution in [1.29, 1.82) is 0 Å². The summed E-state index contributed by atoms with van der Waals surface area (Å²) in [5, 5.41) is 44.7. The van der Waals surface area contributed by atoms with E-state index >= 15 is 0 Å². The first kappa shape index (κ1) is 51.9. The second-order valence-corrected chi connectivity index (χ2v) is 16.7. The van der Waals surface area contributed by atoms with Gasteiger partial charge in [0.05, 0.1) is 25.4 Å². The van der Waals surface area contributed by atoms with E-state index < -0.39 is 59.9 Å². The molecule has 0 spiro atoms. The van der Waals surface area contributed by atoms with Gasteiger partial charge in [-0.25, -0.2) is 4.18 Å². The van der Waals surface area contributed by atoms with Gasteiger partial charge in [0.15, 0.2) is 6.29 Å². The minimum atomic E-state index is -5.07. The van der Waals surface area contributed by atoms with Crippen LogP contribution in [0.15, 0.2) is 12.2 Å². The SMILES string of the molecule is CCCCCCCCC/C=C\CCCCCCCC(=O)NC(COC1OC(CO)C(O)C(OS(=O)(=O)O)C1O)C(O)CCCCCCCCCCCCCC. The third-order valence-electron chi connectivity index (χ3n) is 10.6. The number of ether oxygens (including phenoxy) is 2. The summed E-state index contributed by atoms with van der Waals surface area (Å²) in [6.45, 7) is 3.42. The predicted octanol–water partition coefficient (Wildman–Crippen LogP) is 7.99. The molecule has 7 atom stereocenters. The molecule has 326 valence electrons. The number of nitrogens with one attached hydrogen (secondary N) is 1. The predicted molar refractivity (Wildman–Crippen MR) is 218 cm³/mol. The van der Waals surface area contributed by atoms with Crippen molar-refractivity contribution in [2.45, 2.75) is 236 Å². The molecule has 1 amide bonds. The fourth-order valence-electron chi connectivity index (χ4n) is 7.10. The van der Waals surface area contributed by atoms with Crippen LogP contribution < -0.4 is 5.32 Å². The summed E-state index contributed by atoms with van der Waals surface area (Å²) >= 11 is 0. The maximum Gasteiger partial charge on any atom is 0.397 e. The summed E-state index contributed by atoms with van der Waals surface area (Å²) < 4.78 is 47.5. The lowest BCUT2D eigenvalue weighted by Gasteiger charge is -2.41. The third kappa shape index (κ3) is 27.2. The maximum atomic E-state index is 13.0. The number of rotatable bonds is 37. The molecule has 1 rings (SSSR count). The van der Waals surface area contributed by atoms with Crippen molar-refractivity contribution in [3.05, 3.63) is 12.2 Å². The number of carbonyl (C=O) groups is 1. The maximum absolute atomic E-state index is 13.0. The molecule has 1 heterocycles. The van der Waals surface area contributed by atoms with E-state index in [2.05, 4.69) is 35.5 Å². The van der Waals surface area contributed by atoms with Crippen LogP contribution in [0.4, 0.5) is 0 Å². The van der Waals surface area contributed by atoms with Gasteiger partial charge in [0.1, 0.15) is 24.4 Å². The van der Waals surface area contributed by atoms with Gasteiger partial charge in [0.25, 0.3) is 0 Å². The van der Waals surface area contributed by atoms with Crippen LogP contribution in [0.25, 0.3) is 0 Å². The van der Waals surface area contributed by atoms with E-state index in [1.807, 2.05) is 0 Å². The number of hydrogen-bond donors (Lipinski definition) is 6. The van der Waals surface area contributed by atoms with Crippen molar-refractivity contribution in [3.63, 3.8) is 0 Å². The molecule has 0 aromatic carbocycles. The lowest BCUT2D eigenvalue weighted by atomic mass is 9.99. The number of aliphatic hydroxyl groups excluding tert-OH is 4. The molecule has 7 unspecified atom stereocenters. The molecule has 0 aromatic rings. The van der Waals surface area contributed by atoms with Crippen molar-refractivity contribution in [1.82, 2.24) is 5.32 Å². The van der Waals surface area contributed by atoms with Gasteiger partial charge in [0.2, 0.25) is 5.91 Å². The van der Waals surface area contributed by atoms with Crippen molar-refractivity contribution in [2.24, 2.45) is 0 Å². The van der Waals surface area contributed by atoms with Gasteiger partial charge >= 0.3 is 10.4 Å². The van der Waals surface area contributed by atoms with E-state index in [9.17, 15) is 33.6 Å². The zero-order valence-electron chi connectivity index (χ0n) is 34.5. The molecule has 1 aliphatic heterocycles. The first-order chi connectivity index (χ1) is 26.5. The summed E-state index contributed by atoms with van der Waals surface area (Å²) in [4.78, 5) is 13.0. The Morgan fingerprint density at radius 2 is 1.16 bits per heavy atom. The monoisotopic (exact) mass is 808 g/mol. The summed E-state index contributed by atoms with van der Waals surface area (Å²) in [7, 11) is -5.07. The van der Waals surface area contributed by atoms with Crippen LogP contribution >= 0.6 is 0 Å². The highest BCUT2D eigenvalue weighted by Crippen LogP contribution is 2.26. The molecule has 0 bridgehead atoms. The molecule has 12 nitrogen and oxygen atoms in total. The van der Waals surface area contributed by atoms with Crippen molar-refractivity contribution in [3.8, 4) is 0 Å². The van der Waals surface area contributed by atoms with E-state index in [0.29, 0.717) is 12.8 Å². The lowest BCUT2D eigenvalue weighted by Crippen LogP contribution is -2.61. The Bertz CT molecular complexity index is 1050. The molecule has 13 heteroatoms. The molecule has 55 heavy (non-hydrogen) atoms. The van der Waals surface area contributed by atoms with Crippen LogP contribution in [-0.2, 0) is 28.9 Å². The molecule has 1 fully saturated rings. The highest BCUT2D eigenvalue weighted by Gasteiger charge is 2.48. The molecule has 1 saturated heterocycles. The van der Waals surface area contributed by atoms with Gasteiger partial charge in [-0.1, -0.05) is 161 Å². The average molecular weight is 808 g/mol. The molecule has 6 N–H and O–H groups in total. The van der Waals surface area contributed by atoms with Crippen molar-refractivity contribution >= 4 is 16.3 Å². The van der Waals surface area contributed by atoms with E-state index in [1.54, 1.807) is 0 Å². The highest BCUT2D eigenvalue weighted by atomic mass is 32.3. The molecular formula is C42H81NO11S. The minimum Gasteiger partial charge on any atom is -0.394 e. The van der Waals surface area contributed by atoms with Gasteiger partial charge in [-0.2, -0.15) is 8.42 Å². The lowest BCUT2D eigenvalue weighted by molar-refractivity contribution is -0.298. The van der Waals surface area contributed by atoms with Gasteiger partial charge in [-0.3, -0.25) is 9.35 Å². The molecule has 1 aliphatic rings. The van der Waals surface area contributed by atoms with Gasteiger partial charge in [0, 0.05) is 6.42 Å². The zero-order valence-corrected chi connectivity index (χ0v) is 35.3. The molecule has 0 aliphatic carbocycles. The van der Waals surface area contributed by atoms with Gasteiger partial charge in [-0.15, -0.1) is 0 Å². The Balaban J connectivity index is 2.53. The van der Waals surface area contributed by atoms with Crippen LogP contribution in [0.5, 0.6) is 0 Å². The summed E-state index contributed by atoms with van der Waals surface area (Å²) in [6.07, 6.45) is 26.4. The van der Waals surface area contributed by atoms with E-state index in [0.717, 1.165) is 64.2 Å².